The van der Waals surface area contributed by atoms with E-state index in [9.17, 15) is 19.0 Å². The van der Waals surface area contributed by atoms with Gasteiger partial charge in [0.25, 0.3) is 7.82 Å². The number of rotatable bonds is 57. The van der Waals surface area contributed by atoms with Crippen LogP contribution in [0, 0.1) is 0 Å². The molecule has 2 atom stereocenters. The van der Waals surface area contributed by atoms with Crippen molar-refractivity contribution in [3.8, 4) is 0 Å². The van der Waals surface area contributed by atoms with Crippen LogP contribution in [0.4, 0.5) is 0 Å². The second-order valence-electron chi connectivity index (χ2n) is 22.0. The third-order valence-corrected chi connectivity index (χ3v) is 14.3. The molecular weight excluding hydrogens is 990 g/mol. The van der Waals surface area contributed by atoms with Gasteiger partial charge in [0.1, 0.15) is 19.8 Å². The Balaban J connectivity index is 4.05. The molecule has 0 bridgehead atoms. The summed E-state index contributed by atoms with van der Waals surface area (Å²) < 4.78 is 34.2. The van der Waals surface area contributed by atoms with Crippen molar-refractivity contribution >= 4 is 19.8 Å². The molecule has 0 aromatic rings. The predicted molar refractivity (Wildman–Crippen MR) is 332 cm³/mol. The third-order valence-electron chi connectivity index (χ3n) is 13.3. The molecule has 0 rings (SSSR count). The van der Waals surface area contributed by atoms with E-state index in [2.05, 4.69) is 123 Å². The normalized spacial score (nSPS) is 14.0. The highest BCUT2D eigenvalue weighted by molar-refractivity contribution is 7.45. The summed E-state index contributed by atoms with van der Waals surface area (Å²) in [5, 5.41) is 0. The van der Waals surface area contributed by atoms with Crippen LogP contribution in [0.3, 0.4) is 0 Å². The van der Waals surface area contributed by atoms with E-state index in [1.54, 1.807) is 0 Å². The third kappa shape index (κ3) is 61.9. The number of nitrogens with zero attached hydrogens (tertiary/aromatic N) is 1. The van der Waals surface area contributed by atoms with E-state index in [1.165, 1.54) is 103 Å². The maximum atomic E-state index is 12.8. The summed E-state index contributed by atoms with van der Waals surface area (Å²) >= 11 is 0. The van der Waals surface area contributed by atoms with Crippen molar-refractivity contribution in [2.75, 3.05) is 47.5 Å². The molecule has 0 spiro atoms. The van der Waals surface area contributed by atoms with E-state index in [4.69, 9.17) is 18.5 Å². The fraction of sp³-hybridized carbons (Fsp3) is 0.706. The first-order valence-electron chi connectivity index (χ1n) is 31.6. The van der Waals surface area contributed by atoms with Gasteiger partial charge in [0.05, 0.1) is 27.7 Å². The van der Waals surface area contributed by atoms with Crippen LogP contribution in [0.15, 0.2) is 109 Å². The van der Waals surface area contributed by atoms with Crippen LogP contribution in [0.2, 0.25) is 0 Å². The molecule has 0 amide bonds. The lowest BCUT2D eigenvalue weighted by Crippen LogP contribution is -2.37. The second kappa shape index (κ2) is 58.3. The van der Waals surface area contributed by atoms with Crippen molar-refractivity contribution in [1.29, 1.82) is 0 Å². The molecular formula is C68H118NO8P. The van der Waals surface area contributed by atoms with Gasteiger partial charge in [0.2, 0.25) is 0 Å². The van der Waals surface area contributed by atoms with Gasteiger partial charge in [-0.05, 0) is 96.3 Å². The first kappa shape index (κ1) is 74.7. The van der Waals surface area contributed by atoms with Crippen LogP contribution in [-0.4, -0.2) is 70.0 Å². The SMILES string of the molecule is CC/C=C\C/C=C\C/C=C\C/C=C\C/C=C\CCCCCCCCCCCCCCCCCCCCCC(=O)OC(COC(=O)CCCCCCCC/C=C\C/C=C\C/C=C\C/C=C\CC)COP(=O)([O-])OCC[N+](C)(C)C. The molecule has 0 radical (unpaired) electrons. The second-order valence-corrected chi connectivity index (χ2v) is 23.4. The molecule has 78 heavy (non-hydrogen) atoms. The Hall–Kier alpha value is -3.33. The van der Waals surface area contributed by atoms with E-state index in [0.29, 0.717) is 23.9 Å². The number of quaternary nitrogens is 1. The van der Waals surface area contributed by atoms with E-state index in [1.807, 2.05) is 21.1 Å². The van der Waals surface area contributed by atoms with Crippen LogP contribution in [-0.2, 0) is 32.7 Å². The van der Waals surface area contributed by atoms with Crippen molar-refractivity contribution in [3.63, 3.8) is 0 Å². The summed E-state index contributed by atoms with van der Waals surface area (Å²) in [6, 6.07) is 0. The fourth-order valence-corrected chi connectivity index (χ4v) is 9.23. The number of likely N-dealkylation sites (N-methyl/N-ethyl adjacent to an activating group) is 1. The molecule has 0 N–H and O–H groups in total. The van der Waals surface area contributed by atoms with Crippen molar-refractivity contribution in [1.82, 2.24) is 0 Å². The minimum Gasteiger partial charge on any atom is -0.756 e. The molecule has 448 valence electrons. The Morgan fingerprint density at radius 1 is 0.397 bits per heavy atom. The lowest BCUT2D eigenvalue weighted by atomic mass is 10.0. The number of phosphoric ester groups is 1. The van der Waals surface area contributed by atoms with E-state index in [0.717, 1.165) is 116 Å². The molecule has 0 fully saturated rings. The van der Waals surface area contributed by atoms with Crippen LogP contribution >= 0.6 is 7.82 Å². The highest BCUT2D eigenvalue weighted by atomic mass is 31.2. The maximum Gasteiger partial charge on any atom is 0.306 e. The van der Waals surface area contributed by atoms with Crippen LogP contribution in [0.25, 0.3) is 0 Å². The number of carbonyl (C=O) groups is 2. The summed E-state index contributed by atoms with van der Waals surface area (Å²) in [5.74, 6) is -0.848. The molecule has 0 aliphatic heterocycles. The minimum atomic E-state index is -4.65. The number of allylic oxidation sites excluding steroid dienone is 18. The summed E-state index contributed by atoms with van der Waals surface area (Å²) in [6.07, 6.45) is 81.5. The van der Waals surface area contributed by atoms with Crippen LogP contribution in [0.5, 0.6) is 0 Å². The zero-order chi connectivity index (χ0) is 57.0. The van der Waals surface area contributed by atoms with Gasteiger partial charge in [0.15, 0.2) is 6.10 Å². The van der Waals surface area contributed by atoms with Gasteiger partial charge < -0.3 is 27.9 Å². The van der Waals surface area contributed by atoms with E-state index in [-0.39, 0.29) is 26.1 Å². The number of carbonyl (C=O) groups excluding carboxylic acids is 2. The van der Waals surface area contributed by atoms with Gasteiger partial charge in [-0.2, -0.15) is 0 Å². The molecule has 0 aliphatic carbocycles. The number of hydrogen-bond donors (Lipinski definition) is 0. The molecule has 0 aliphatic rings. The summed E-state index contributed by atoms with van der Waals surface area (Å²) in [7, 11) is 1.15. The quantitative estimate of drug-likeness (QED) is 0.0195. The Bertz CT molecular complexity index is 1680. The largest absolute Gasteiger partial charge is 0.756 e. The molecule has 0 saturated carbocycles. The van der Waals surface area contributed by atoms with Gasteiger partial charge >= 0.3 is 11.9 Å². The highest BCUT2D eigenvalue weighted by Crippen LogP contribution is 2.38. The number of phosphoric acid groups is 1. The summed E-state index contributed by atoms with van der Waals surface area (Å²) in [5.41, 5.74) is 0. The Kier molecular flexibility index (Phi) is 55.8. The van der Waals surface area contributed by atoms with Crippen molar-refractivity contribution in [2.45, 2.75) is 264 Å². The Morgan fingerprint density at radius 3 is 1.03 bits per heavy atom. The first-order chi connectivity index (χ1) is 38.0. The molecule has 0 saturated heterocycles. The lowest BCUT2D eigenvalue weighted by molar-refractivity contribution is -0.870. The van der Waals surface area contributed by atoms with Crippen molar-refractivity contribution < 1.29 is 42.1 Å². The Labute approximate surface area is 480 Å². The van der Waals surface area contributed by atoms with Crippen molar-refractivity contribution in [3.05, 3.63) is 109 Å². The average molecular weight is 1110 g/mol. The van der Waals surface area contributed by atoms with Crippen molar-refractivity contribution in [2.24, 2.45) is 0 Å². The van der Waals surface area contributed by atoms with E-state index < -0.39 is 32.5 Å². The van der Waals surface area contributed by atoms with Gasteiger partial charge in [-0.25, -0.2) is 0 Å². The zero-order valence-electron chi connectivity index (χ0n) is 50.8. The fourth-order valence-electron chi connectivity index (χ4n) is 8.50. The summed E-state index contributed by atoms with van der Waals surface area (Å²) in [4.78, 5) is 37.9. The smallest absolute Gasteiger partial charge is 0.306 e. The first-order valence-corrected chi connectivity index (χ1v) is 33.1. The Morgan fingerprint density at radius 2 is 0.692 bits per heavy atom. The van der Waals surface area contributed by atoms with Crippen LogP contribution in [0.1, 0.15) is 258 Å². The molecule has 0 aromatic heterocycles. The lowest BCUT2D eigenvalue weighted by Gasteiger charge is -2.28. The topological polar surface area (TPSA) is 111 Å². The molecule has 2 unspecified atom stereocenters. The van der Waals surface area contributed by atoms with Crippen LogP contribution < -0.4 is 4.89 Å². The standard InChI is InChI=1S/C68H118NO8P/c1-6-8-10-12-14-16-18-20-22-24-26-27-28-29-30-31-32-33-34-35-36-37-38-39-40-41-43-45-47-49-51-53-55-57-59-61-68(71)77-66(65-76-78(72,73)75-63-62-69(3,4)5)64-74-67(70)60-58-56-54-52-50-48-46-44-42-25-23-21-19-17-15-13-11-9-7-2/h8-11,14-17,20-23,26-27,29-30,42,44,66H,6-7,12-13,18-19,24-25,28,31-41,43,45-65H2,1-5H3/b10-8-,11-9-,16-14-,17-15-,22-20-,23-21-,27-26-,30-29-,44-42-. The highest BCUT2D eigenvalue weighted by Gasteiger charge is 2.22. The molecule has 0 aromatic carbocycles. The van der Waals surface area contributed by atoms with Gasteiger partial charge in [0, 0.05) is 12.8 Å². The monoisotopic (exact) mass is 1110 g/mol. The van der Waals surface area contributed by atoms with Gasteiger partial charge in [-0.1, -0.05) is 258 Å². The molecule has 10 heteroatoms. The number of unbranched alkanes of at least 4 members (excludes halogenated alkanes) is 25. The predicted octanol–water partition coefficient (Wildman–Crippen LogP) is 19.5. The zero-order valence-corrected chi connectivity index (χ0v) is 51.7. The number of esters is 2. The van der Waals surface area contributed by atoms with Gasteiger partial charge in [-0.3, -0.25) is 14.2 Å². The number of hydrogen-bond acceptors (Lipinski definition) is 8. The average Bonchev–Trinajstić information content (AvgIpc) is 3.41. The molecule has 9 nitrogen and oxygen atoms in total. The van der Waals surface area contributed by atoms with E-state index >= 15 is 0 Å². The van der Waals surface area contributed by atoms with Gasteiger partial charge in [-0.15, -0.1) is 0 Å². The maximum absolute atomic E-state index is 12.8. The summed E-state index contributed by atoms with van der Waals surface area (Å²) in [6.45, 7) is 4.00. The number of ether oxygens (including phenoxy) is 2. The minimum absolute atomic E-state index is 0.0369. The molecule has 0 heterocycles.